The van der Waals surface area contributed by atoms with E-state index >= 15 is 0 Å². The first-order valence-electron chi connectivity index (χ1n) is 9.09. The lowest BCUT2D eigenvalue weighted by molar-refractivity contribution is -0.907. The molecule has 2 aromatic rings. The molecule has 1 atom stereocenters. The van der Waals surface area contributed by atoms with E-state index in [1.165, 1.54) is 11.6 Å². The van der Waals surface area contributed by atoms with Crippen LogP contribution >= 0.6 is 0 Å². The number of nitrogens with one attached hydrogen (secondary N) is 2. The number of amides is 1. The average Bonchev–Trinajstić information content (AvgIpc) is 2.88. The van der Waals surface area contributed by atoms with Gasteiger partial charge in [-0.15, -0.1) is 0 Å². The van der Waals surface area contributed by atoms with Gasteiger partial charge in [0.05, 0.1) is 19.8 Å². The molecule has 5 nitrogen and oxygen atoms in total. The standard InChI is InChI=1S/C20H20F2N2O3/c21-15-3-1-4-16(22)20(15)23-19(25)12-24-6-5-13-9-17-18(10-14(13)11-24)27-8-2-7-26-17/h1,3-4,9-10H,2,5-8,11-12H2,(H,23,25)/p+1. The molecule has 142 valence electrons. The summed E-state index contributed by atoms with van der Waals surface area (Å²) in [6.45, 7) is 2.83. The first-order valence-corrected chi connectivity index (χ1v) is 9.09. The maximum absolute atomic E-state index is 13.7. The summed E-state index contributed by atoms with van der Waals surface area (Å²) in [4.78, 5) is 13.3. The molecule has 2 aliphatic heterocycles. The molecular formula is C20H21F2N2O3+. The van der Waals surface area contributed by atoms with Gasteiger partial charge in [0.2, 0.25) is 0 Å². The number of para-hydroxylation sites is 1. The second-order valence-electron chi connectivity index (χ2n) is 6.87. The maximum atomic E-state index is 13.7. The van der Waals surface area contributed by atoms with Crippen molar-refractivity contribution in [3.63, 3.8) is 0 Å². The number of quaternary nitrogens is 1. The van der Waals surface area contributed by atoms with Gasteiger partial charge >= 0.3 is 0 Å². The molecule has 0 saturated heterocycles. The molecule has 4 rings (SSSR count). The Hall–Kier alpha value is -2.67. The monoisotopic (exact) mass is 375 g/mol. The van der Waals surface area contributed by atoms with Crippen LogP contribution in [0.15, 0.2) is 30.3 Å². The fourth-order valence-corrected chi connectivity index (χ4v) is 3.54. The van der Waals surface area contributed by atoms with Crippen LogP contribution in [0.4, 0.5) is 14.5 Å². The smallest absolute Gasteiger partial charge is 0.279 e. The van der Waals surface area contributed by atoms with Crippen LogP contribution in [0.25, 0.3) is 0 Å². The Morgan fingerprint density at radius 1 is 1.07 bits per heavy atom. The zero-order valence-electron chi connectivity index (χ0n) is 14.8. The zero-order valence-corrected chi connectivity index (χ0v) is 14.8. The van der Waals surface area contributed by atoms with Crippen molar-refractivity contribution < 1.29 is 27.9 Å². The van der Waals surface area contributed by atoms with Crippen LogP contribution in [0.1, 0.15) is 17.5 Å². The Morgan fingerprint density at radius 2 is 1.74 bits per heavy atom. The number of carbonyl (C=O) groups is 1. The SMILES string of the molecule is O=C(C[NH+]1CCc2cc3c(cc2C1)OCCCO3)Nc1c(F)cccc1F. The number of fused-ring (bicyclic) bond motifs is 2. The predicted octanol–water partition coefficient (Wildman–Crippen LogP) is 1.71. The molecule has 0 radical (unpaired) electrons. The summed E-state index contributed by atoms with van der Waals surface area (Å²) < 4.78 is 38.9. The normalized spacial score (nSPS) is 18.4. The summed E-state index contributed by atoms with van der Waals surface area (Å²) in [6, 6.07) is 7.53. The van der Waals surface area contributed by atoms with Gasteiger partial charge in [0.25, 0.3) is 5.91 Å². The summed E-state index contributed by atoms with van der Waals surface area (Å²) in [6.07, 6.45) is 1.66. The van der Waals surface area contributed by atoms with E-state index in [9.17, 15) is 13.6 Å². The highest BCUT2D eigenvalue weighted by Crippen LogP contribution is 2.33. The van der Waals surface area contributed by atoms with Gasteiger partial charge < -0.3 is 19.7 Å². The van der Waals surface area contributed by atoms with Crippen LogP contribution < -0.4 is 19.7 Å². The number of rotatable bonds is 3. The summed E-state index contributed by atoms with van der Waals surface area (Å²) >= 11 is 0. The molecule has 1 amide bonds. The van der Waals surface area contributed by atoms with Crippen LogP contribution in [0.2, 0.25) is 0 Å². The van der Waals surface area contributed by atoms with Crippen molar-refractivity contribution >= 4 is 11.6 Å². The van der Waals surface area contributed by atoms with Crippen molar-refractivity contribution in [2.75, 3.05) is 31.6 Å². The lowest BCUT2D eigenvalue weighted by atomic mass is 9.99. The van der Waals surface area contributed by atoms with Gasteiger partial charge in [-0.05, 0) is 29.8 Å². The van der Waals surface area contributed by atoms with Crippen molar-refractivity contribution in [2.24, 2.45) is 0 Å². The van der Waals surface area contributed by atoms with E-state index in [0.29, 0.717) is 19.8 Å². The summed E-state index contributed by atoms with van der Waals surface area (Å²) in [7, 11) is 0. The number of hydrogen-bond donors (Lipinski definition) is 2. The minimum Gasteiger partial charge on any atom is -0.490 e. The number of benzene rings is 2. The summed E-state index contributed by atoms with van der Waals surface area (Å²) in [5.74, 6) is -0.441. The molecule has 27 heavy (non-hydrogen) atoms. The van der Waals surface area contributed by atoms with Gasteiger partial charge in [0.1, 0.15) is 23.9 Å². The van der Waals surface area contributed by atoms with Gasteiger partial charge in [0.15, 0.2) is 18.0 Å². The van der Waals surface area contributed by atoms with Crippen LogP contribution in [-0.2, 0) is 17.8 Å². The molecule has 2 aliphatic rings. The van der Waals surface area contributed by atoms with E-state index in [1.54, 1.807) is 0 Å². The van der Waals surface area contributed by atoms with Crippen molar-refractivity contribution in [3.8, 4) is 11.5 Å². The first-order chi connectivity index (χ1) is 13.1. The number of carbonyl (C=O) groups excluding carboxylic acids is 1. The second-order valence-corrected chi connectivity index (χ2v) is 6.87. The molecule has 0 saturated carbocycles. The molecule has 0 bridgehead atoms. The molecule has 0 aromatic heterocycles. The number of halogens is 2. The minimum absolute atomic E-state index is 0.141. The molecule has 0 spiro atoms. The number of anilines is 1. The van der Waals surface area contributed by atoms with E-state index in [4.69, 9.17) is 9.47 Å². The molecule has 2 aromatic carbocycles. The Balaban J connectivity index is 1.44. The van der Waals surface area contributed by atoms with Gasteiger partial charge in [-0.3, -0.25) is 4.79 Å². The highest BCUT2D eigenvalue weighted by molar-refractivity contribution is 5.91. The fraction of sp³-hybridized carbons (Fsp3) is 0.350. The molecule has 7 heteroatoms. The molecular weight excluding hydrogens is 354 g/mol. The van der Waals surface area contributed by atoms with Crippen LogP contribution in [0, 0.1) is 11.6 Å². The fourth-order valence-electron chi connectivity index (χ4n) is 3.54. The van der Waals surface area contributed by atoms with Crippen molar-refractivity contribution in [2.45, 2.75) is 19.4 Å². The van der Waals surface area contributed by atoms with Gasteiger partial charge in [0, 0.05) is 18.4 Å². The highest BCUT2D eigenvalue weighted by Gasteiger charge is 2.25. The lowest BCUT2D eigenvalue weighted by Gasteiger charge is -2.26. The Kier molecular flexibility index (Phi) is 4.94. The quantitative estimate of drug-likeness (QED) is 0.859. The second kappa shape index (κ2) is 7.52. The summed E-state index contributed by atoms with van der Waals surface area (Å²) in [5.41, 5.74) is 1.92. The van der Waals surface area contributed by atoms with E-state index in [1.807, 2.05) is 12.1 Å². The van der Waals surface area contributed by atoms with E-state index in [2.05, 4.69) is 5.32 Å². The van der Waals surface area contributed by atoms with Crippen molar-refractivity contribution in [1.29, 1.82) is 0 Å². The topological polar surface area (TPSA) is 52.0 Å². The Bertz CT molecular complexity index is 852. The third kappa shape index (κ3) is 3.88. The Labute approximate surface area is 155 Å². The highest BCUT2D eigenvalue weighted by atomic mass is 19.1. The van der Waals surface area contributed by atoms with E-state index in [-0.39, 0.29) is 6.54 Å². The van der Waals surface area contributed by atoms with E-state index in [0.717, 1.165) is 53.5 Å². The van der Waals surface area contributed by atoms with Crippen LogP contribution in [-0.4, -0.2) is 32.2 Å². The molecule has 2 N–H and O–H groups in total. The van der Waals surface area contributed by atoms with Crippen LogP contribution in [0.5, 0.6) is 11.5 Å². The van der Waals surface area contributed by atoms with E-state index < -0.39 is 23.2 Å². The third-order valence-electron chi connectivity index (χ3n) is 4.90. The molecule has 0 fully saturated rings. The minimum atomic E-state index is -0.776. The third-order valence-corrected chi connectivity index (χ3v) is 4.90. The molecule has 2 heterocycles. The van der Waals surface area contributed by atoms with Crippen molar-refractivity contribution in [3.05, 3.63) is 53.1 Å². The lowest BCUT2D eigenvalue weighted by Crippen LogP contribution is -3.12. The average molecular weight is 375 g/mol. The maximum Gasteiger partial charge on any atom is 0.279 e. The van der Waals surface area contributed by atoms with Crippen molar-refractivity contribution in [1.82, 2.24) is 0 Å². The Morgan fingerprint density at radius 3 is 2.44 bits per heavy atom. The number of hydrogen-bond acceptors (Lipinski definition) is 3. The predicted molar refractivity (Wildman–Crippen MR) is 95.1 cm³/mol. The first kappa shape index (κ1) is 17.7. The largest absolute Gasteiger partial charge is 0.490 e. The van der Waals surface area contributed by atoms with Gasteiger partial charge in [-0.1, -0.05) is 6.07 Å². The zero-order chi connectivity index (χ0) is 18.8. The molecule has 1 unspecified atom stereocenters. The summed E-state index contributed by atoms with van der Waals surface area (Å²) in [5, 5.41) is 2.35. The number of ether oxygens (including phenoxy) is 2. The van der Waals surface area contributed by atoms with Gasteiger partial charge in [-0.25, -0.2) is 8.78 Å². The van der Waals surface area contributed by atoms with Crippen LogP contribution in [0.3, 0.4) is 0 Å². The van der Waals surface area contributed by atoms with Gasteiger partial charge in [-0.2, -0.15) is 0 Å². The molecule has 0 aliphatic carbocycles.